The number of rotatable bonds is 4. The molecule has 0 aliphatic carbocycles. The minimum absolute atomic E-state index is 0.754. The predicted molar refractivity (Wildman–Crippen MR) is 76.4 cm³/mol. The van der Waals surface area contributed by atoms with Gasteiger partial charge in [0.2, 0.25) is 0 Å². The summed E-state index contributed by atoms with van der Waals surface area (Å²) < 4.78 is 0. The number of hydrogen-bond donors (Lipinski definition) is 2. The first-order valence-electron chi connectivity index (χ1n) is 5.51. The lowest BCUT2D eigenvalue weighted by Crippen LogP contribution is -2.03. The first-order valence-corrected chi connectivity index (χ1v) is 6.74. The van der Waals surface area contributed by atoms with Gasteiger partial charge in [-0.1, -0.05) is 30.3 Å². The highest BCUT2D eigenvalue weighted by atomic mass is 32.2. The molecule has 0 aliphatic heterocycles. The lowest BCUT2D eigenvalue weighted by molar-refractivity contribution is 1.14. The van der Waals surface area contributed by atoms with Gasteiger partial charge in [0.05, 0.1) is 0 Å². The number of anilines is 2. The van der Waals surface area contributed by atoms with E-state index in [9.17, 15) is 0 Å². The largest absolute Gasteiger partial charge is 0.398 e. The average molecular weight is 244 g/mol. The van der Waals surface area contributed by atoms with Crippen molar-refractivity contribution in [3.05, 3.63) is 54.1 Å². The van der Waals surface area contributed by atoms with Crippen LogP contribution in [0.15, 0.2) is 53.4 Å². The molecule has 0 aromatic heterocycles. The van der Waals surface area contributed by atoms with Gasteiger partial charge in [0, 0.05) is 22.8 Å². The Hall–Kier alpha value is -1.61. The molecule has 0 saturated carbocycles. The van der Waals surface area contributed by atoms with Crippen LogP contribution in [0.3, 0.4) is 0 Å². The molecule has 0 atom stereocenters. The molecule has 2 nitrogen and oxygen atoms in total. The zero-order valence-corrected chi connectivity index (χ0v) is 10.6. The molecule has 0 spiro atoms. The van der Waals surface area contributed by atoms with Gasteiger partial charge in [0.15, 0.2) is 0 Å². The predicted octanol–water partition coefficient (Wildman–Crippen LogP) is 3.60. The fourth-order valence-corrected chi connectivity index (χ4v) is 2.25. The standard InChI is InChI=1S/C14H16N2S/c1-17-14-9-5-4-8-13(14)16-10-11-6-2-3-7-12(11)15/h2-9,16H,10,15H2,1H3. The Morgan fingerprint density at radius 1 is 1.06 bits per heavy atom. The molecule has 3 N–H and O–H groups in total. The third-order valence-electron chi connectivity index (χ3n) is 2.63. The molecule has 0 aliphatic rings. The number of thioether (sulfide) groups is 1. The first-order chi connectivity index (χ1) is 8.31. The Bertz CT molecular complexity index is 497. The van der Waals surface area contributed by atoms with Crippen LogP contribution >= 0.6 is 11.8 Å². The van der Waals surface area contributed by atoms with E-state index in [0.29, 0.717) is 0 Å². The number of hydrogen-bond acceptors (Lipinski definition) is 3. The maximum Gasteiger partial charge on any atom is 0.0480 e. The molecule has 0 unspecified atom stereocenters. The second-order valence-electron chi connectivity index (χ2n) is 3.75. The second-order valence-corrected chi connectivity index (χ2v) is 4.60. The third-order valence-corrected chi connectivity index (χ3v) is 3.43. The van der Waals surface area contributed by atoms with Crippen LogP contribution in [0.1, 0.15) is 5.56 Å². The van der Waals surface area contributed by atoms with E-state index >= 15 is 0 Å². The van der Waals surface area contributed by atoms with E-state index in [1.54, 1.807) is 11.8 Å². The van der Waals surface area contributed by atoms with Gasteiger partial charge in [-0.3, -0.25) is 0 Å². The highest BCUT2D eigenvalue weighted by Gasteiger charge is 2.01. The molecule has 2 aromatic rings. The van der Waals surface area contributed by atoms with Gasteiger partial charge in [-0.15, -0.1) is 11.8 Å². The van der Waals surface area contributed by atoms with Gasteiger partial charge in [-0.05, 0) is 30.0 Å². The molecule has 3 heteroatoms. The lowest BCUT2D eigenvalue weighted by Gasteiger charge is -2.11. The molecular formula is C14H16N2S. The zero-order chi connectivity index (χ0) is 12.1. The Labute approximate surface area is 106 Å². The molecule has 88 valence electrons. The molecule has 0 amide bonds. The third kappa shape index (κ3) is 2.94. The van der Waals surface area contributed by atoms with Crippen LogP contribution in [0.25, 0.3) is 0 Å². The summed E-state index contributed by atoms with van der Waals surface area (Å²) in [6, 6.07) is 16.2. The van der Waals surface area contributed by atoms with Gasteiger partial charge >= 0.3 is 0 Å². The van der Waals surface area contributed by atoms with Crippen molar-refractivity contribution in [1.82, 2.24) is 0 Å². The zero-order valence-electron chi connectivity index (χ0n) is 9.81. The van der Waals surface area contributed by atoms with Crippen LogP contribution in [0, 0.1) is 0 Å². The molecule has 0 heterocycles. The Morgan fingerprint density at radius 3 is 2.53 bits per heavy atom. The van der Waals surface area contributed by atoms with Gasteiger partial charge < -0.3 is 11.1 Å². The Kier molecular flexibility index (Phi) is 3.94. The number of nitrogens with two attached hydrogens (primary N) is 1. The minimum Gasteiger partial charge on any atom is -0.398 e. The van der Waals surface area contributed by atoms with E-state index in [1.807, 2.05) is 36.4 Å². The lowest BCUT2D eigenvalue weighted by atomic mass is 10.2. The molecule has 0 fully saturated rings. The highest BCUT2D eigenvalue weighted by molar-refractivity contribution is 7.98. The van der Waals surface area contributed by atoms with E-state index in [4.69, 9.17) is 5.73 Å². The van der Waals surface area contributed by atoms with Crippen LogP contribution in [-0.2, 0) is 6.54 Å². The quantitative estimate of drug-likeness (QED) is 0.637. The van der Waals surface area contributed by atoms with Crippen LogP contribution in [0.4, 0.5) is 11.4 Å². The summed E-state index contributed by atoms with van der Waals surface area (Å²) in [5, 5.41) is 3.42. The van der Waals surface area contributed by atoms with Gasteiger partial charge in [0.25, 0.3) is 0 Å². The van der Waals surface area contributed by atoms with E-state index in [-0.39, 0.29) is 0 Å². The number of nitrogen functional groups attached to an aromatic ring is 1. The first kappa shape index (κ1) is 11.9. The van der Waals surface area contributed by atoms with Crippen molar-refractivity contribution >= 4 is 23.1 Å². The molecule has 0 radical (unpaired) electrons. The summed E-state index contributed by atoms with van der Waals surface area (Å²) in [6.45, 7) is 0.754. The minimum atomic E-state index is 0.754. The normalized spacial score (nSPS) is 10.2. The highest BCUT2D eigenvalue weighted by Crippen LogP contribution is 2.25. The Balaban J connectivity index is 2.10. The molecule has 0 bridgehead atoms. The van der Waals surface area contributed by atoms with Crippen LogP contribution in [0.2, 0.25) is 0 Å². The molecule has 0 saturated heterocycles. The molecule has 2 rings (SSSR count). The summed E-state index contributed by atoms with van der Waals surface area (Å²) in [7, 11) is 0. The van der Waals surface area contributed by atoms with Crippen molar-refractivity contribution in [3.8, 4) is 0 Å². The fraction of sp³-hybridized carbons (Fsp3) is 0.143. The molecule has 17 heavy (non-hydrogen) atoms. The van der Waals surface area contributed by atoms with Crippen molar-refractivity contribution in [3.63, 3.8) is 0 Å². The maximum absolute atomic E-state index is 5.91. The molecule has 2 aromatic carbocycles. The van der Waals surface area contributed by atoms with Crippen LogP contribution in [-0.4, -0.2) is 6.26 Å². The van der Waals surface area contributed by atoms with Crippen molar-refractivity contribution < 1.29 is 0 Å². The summed E-state index contributed by atoms with van der Waals surface area (Å²) in [5.41, 5.74) is 9.03. The summed E-state index contributed by atoms with van der Waals surface area (Å²) in [5.74, 6) is 0. The van der Waals surface area contributed by atoms with Crippen LogP contribution in [0.5, 0.6) is 0 Å². The van der Waals surface area contributed by atoms with E-state index in [1.165, 1.54) is 4.90 Å². The second kappa shape index (κ2) is 5.64. The van der Waals surface area contributed by atoms with Crippen molar-refractivity contribution in [2.75, 3.05) is 17.3 Å². The molecular weight excluding hydrogens is 228 g/mol. The smallest absolute Gasteiger partial charge is 0.0480 e. The van der Waals surface area contributed by atoms with E-state index in [2.05, 4.69) is 23.7 Å². The van der Waals surface area contributed by atoms with Crippen molar-refractivity contribution in [1.29, 1.82) is 0 Å². The van der Waals surface area contributed by atoms with Crippen molar-refractivity contribution in [2.45, 2.75) is 11.4 Å². The van der Waals surface area contributed by atoms with E-state index < -0.39 is 0 Å². The van der Waals surface area contributed by atoms with Crippen LogP contribution < -0.4 is 11.1 Å². The summed E-state index contributed by atoms with van der Waals surface area (Å²) in [4.78, 5) is 1.25. The fourth-order valence-electron chi connectivity index (χ4n) is 1.68. The van der Waals surface area contributed by atoms with Gasteiger partial charge in [-0.25, -0.2) is 0 Å². The van der Waals surface area contributed by atoms with Crippen molar-refractivity contribution in [2.24, 2.45) is 0 Å². The van der Waals surface area contributed by atoms with Gasteiger partial charge in [-0.2, -0.15) is 0 Å². The SMILES string of the molecule is CSc1ccccc1NCc1ccccc1N. The Morgan fingerprint density at radius 2 is 1.76 bits per heavy atom. The number of para-hydroxylation sites is 2. The maximum atomic E-state index is 5.91. The van der Waals surface area contributed by atoms with Gasteiger partial charge in [0.1, 0.15) is 0 Å². The summed E-state index contributed by atoms with van der Waals surface area (Å²) >= 11 is 1.74. The number of benzene rings is 2. The number of nitrogens with one attached hydrogen (secondary N) is 1. The van der Waals surface area contributed by atoms with E-state index in [0.717, 1.165) is 23.5 Å². The topological polar surface area (TPSA) is 38.0 Å². The average Bonchev–Trinajstić information content (AvgIpc) is 2.38. The summed E-state index contributed by atoms with van der Waals surface area (Å²) in [6.07, 6.45) is 2.08. The monoisotopic (exact) mass is 244 g/mol.